The van der Waals surface area contributed by atoms with Crippen LogP contribution in [0.3, 0.4) is 0 Å². The van der Waals surface area contributed by atoms with Gasteiger partial charge in [0.05, 0.1) is 24.2 Å². The number of nitrogens with zero attached hydrogens (tertiary/aromatic N) is 2. The predicted octanol–water partition coefficient (Wildman–Crippen LogP) is 5.50. The number of hydrogen-bond donors (Lipinski definition) is 1. The SMILES string of the molecule is CC.CCOC(=O)N1CCC(=C2c3ccc(Cl)cc3CCc3cc(N)cnc32)CC1. The van der Waals surface area contributed by atoms with Crippen LogP contribution in [0.25, 0.3) is 5.57 Å². The fourth-order valence-corrected chi connectivity index (χ4v) is 4.33. The zero-order chi connectivity index (χ0) is 21.7. The van der Waals surface area contributed by atoms with Crippen molar-refractivity contribution >= 4 is 29.0 Å². The summed E-state index contributed by atoms with van der Waals surface area (Å²) < 4.78 is 5.15. The van der Waals surface area contributed by atoms with Gasteiger partial charge in [-0.15, -0.1) is 0 Å². The molecular formula is C24H30ClN3O2. The molecule has 0 spiro atoms. The summed E-state index contributed by atoms with van der Waals surface area (Å²) in [5, 5.41) is 0.749. The first-order valence-electron chi connectivity index (χ1n) is 10.7. The van der Waals surface area contributed by atoms with Crippen LogP contribution in [-0.4, -0.2) is 35.7 Å². The first-order chi connectivity index (χ1) is 14.6. The quantitative estimate of drug-likeness (QED) is 0.652. The minimum absolute atomic E-state index is 0.231. The second kappa shape index (κ2) is 9.98. The number of likely N-dealkylation sites (tertiary alicyclic amines) is 1. The second-order valence-corrected chi connectivity index (χ2v) is 7.68. The van der Waals surface area contributed by atoms with Crippen LogP contribution in [0.2, 0.25) is 5.02 Å². The van der Waals surface area contributed by atoms with Crippen LogP contribution in [-0.2, 0) is 17.6 Å². The zero-order valence-electron chi connectivity index (χ0n) is 18.0. The van der Waals surface area contributed by atoms with Gasteiger partial charge in [0.2, 0.25) is 0 Å². The molecule has 1 aromatic carbocycles. The number of fused-ring (bicyclic) bond motifs is 2. The van der Waals surface area contributed by atoms with Gasteiger partial charge in [-0.1, -0.05) is 37.1 Å². The van der Waals surface area contributed by atoms with Gasteiger partial charge in [-0.05, 0) is 67.5 Å². The topological polar surface area (TPSA) is 68.5 Å². The number of rotatable bonds is 1. The molecule has 4 rings (SSSR count). The Morgan fingerprint density at radius 2 is 1.83 bits per heavy atom. The van der Waals surface area contributed by atoms with E-state index in [1.807, 2.05) is 32.9 Å². The summed E-state index contributed by atoms with van der Waals surface area (Å²) in [5.41, 5.74) is 13.8. The van der Waals surface area contributed by atoms with Crippen molar-refractivity contribution in [2.45, 2.75) is 46.5 Å². The molecule has 160 valence electrons. The van der Waals surface area contributed by atoms with E-state index in [1.165, 1.54) is 27.8 Å². The number of ether oxygens (including phenoxy) is 1. The number of aromatic nitrogens is 1. The van der Waals surface area contributed by atoms with Gasteiger partial charge in [0.15, 0.2) is 0 Å². The van der Waals surface area contributed by atoms with Gasteiger partial charge in [0.1, 0.15) is 0 Å². The number of nitrogens with two attached hydrogens (primary N) is 1. The molecule has 1 aliphatic carbocycles. The number of amides is 1. The lowest BCUT2D eigenvalue weighted by atomic mass is 9.88. The first kappa shape index (κ1) is 22.2. The Balaban J connectivity index is 0.00000124. The maximum Gasteiger partial charge on any atom is 0.409 e. The van der Waals surface area contributed by atoms with Crippen LogP contribution in [0.1, 0.15) is 56.0 Å². The number of carbonyl (C=O) groups is 1. The number of hydrogen-bond acceptors (Lipinski definition) is 4. The third kappa shape index (κ3) is 4.62. The Labute approximate surface area is 183 Å². The number of anilines is 1. The number of piperidine rings is 1. The molecule has 5 nitrogen and oxygen atoms in total. The molecule has 6 heteroatoms. The van der Waals surface area contributed by atoms with Crippen molar-refractivity contribution in [2.75, 3.05) is 25.4 Å². The van der Waals surface area contributed by atoms with Crippen molar-refractivity contribution in [3.63, 3.8) is 0 Å². The van der Waals surface area contributed by atoms with Gasteiger partial charge in [-0.25, -0.2) is 4.79 Å². The molecule has 1 amide bonds. The summed E-state index contributed by atoms with van der Waals surface area (Å²) in [4.78, 5) is 18.6. The van der Waals surface area contributed by atoms with Crippen molar-refractivity contribution in [3.05, 3.63) is 63.4 Å². The summed E-state index contributed by atoms with van der Waals surface area (Å²) in [6.45, 7) is 7.54. The summed E-state index contributed by atoms with van der Waals surface area (Å²) >= 11 is 6.27. The van der Waals surface area contributed by atoms with Crippen LogP contribution < -0.4 is 5.73 Å². The van der Waals surface area contributed by atoms with E-state index >= 15 is 0 Å². The van der Waals surface area contributed by atoms with Crippen LogP contribution in [0, 0.1) is 0 Å². The van der Waals surface area contributed by atoms with E-state index in [0.717, 1.165) is 36.4 Å². The summed E-state index contributed by atoms with van der Waals surface area (Å²) in [6, 6.07) is 8.13. The lowest BCUT2D eigenvalue weighted by Crippen LogP contribution is -2.37. The zero-order valence-corrected chi connectivity index (χ0v) is 18.8. The Kier molecular flexibility index (Phi) is 7.38. The average molecular weight is 428 g/mol. The number of benzene rings is 1. The summed E-state index contributed by atoms with van der Waals surface area (Å²) in [6.07, 6.45) is 4.90. The van der Waals surface area contributed by atoms with Gasteiger partial charge >= 0.3 is 6.09 Å². The number of pyridine rings is 1. The highest BCUT2D eigenvalue weighted by molar-refractivity contribution is 6.30. The smallest absolute Gasteiger partial charge is 0.409 e. The Morgan fingerprint density at radius 1 is 1.13 bits per heavy atom. The highest BCUT2D eigenvalue weighted by Crippen LogP contribution is 2.38. The van der Waals surface area contributed by atoms with E-state index in [-0.39, 0.29) is 6.09 Å². The molecule has 2 heterocycles. The van der Waals surface area contributed by atoms with E-state index in [1.54, 1.807) is 11.1 Å². The molecule has 2 aliphatic rings. The largest absolute Gasteiger partial charge is 0.450 e. The summed E-state index contributed by atoms with van der Waals surface area (Å²) in [5.74, 6) is 0. The third-order valence-electron chi connectivity index (χ3n) is 5.47. The Hall–Kier alpha value is -2.53. The fourth-order valence-electron chi connectivity index (χ4n) is 4.14. The molecule has 0 saturated carbocycles. The molecule has 1 aliphatic heterocycles. The van der Waals surface area contributed by atoms with E-state index in [9.17, 15) is 4.79 Å². The fraction of sp³-hybridized carbons (Fsp3) is 0.417. The van der Waals surface area contributed by atoms with Crippen molar-refractivity contribution in [1.29, 1.82) is 0 Å². The molecule has 2 aromatic rings. The van der Waals surface area contributed by atoms with Crippen LogP contribution in [0.5, 0.6) is 0 Å². The molecular weight excluding hydrogens is 398 g/mol. The number of aryl methyl sites for hydroxylation is 2. The molecule has 0 bridgehead atoms. The molecule has 1 fully saturated rings. The molecule has 1 saturated heterocycles. The highest BCUT2D eigenvalue weighted by Gasteiger charge is 2.27. The molecule has 0 atom stereocenters. The van der Waals surface area contributed by atoms with Crippen molar-refractivity contribution < 1.29 is 9.53 Å². The highest BCUT2D eigenvalue weighted by atomic mass is 35.5. The molecule has 2 N–H and O–H groups in total. The van der Waals surface area contributed by atoms with Crippen LogP contribution >= 0.6 is 11.6 Å². The van der Waals surface area contributed by atoms with Crippen LogP contribution in [0.4, 0.5) is 10.5 Å². The van der Waals surface area contributed by atoms with E-state index in [0.29, 0.717) is 25.4 Å². The van der Waals surface area contributed by atoms with Gasteiger partial charge in [-0.3, -0.25) is 4.98 Å². The number of carbonyl (C=O) groups excluding carboxylic acids is 1. The van der Waals surface area contributed by atoms with Gasteiger partial charge < -0.3 is 15.4 Å². The monoisotopic (exact) mass is 427 g/mol. The van der Waals surface area contributed by atoms with E-state index in [2.05, 4.69) is 12.1 Å². The minimum atomic E-state index is -0.231. The lowest BCUT2D eigenvalue weighted by molar-refractivity contribution is 0.104. The van der Waals surface area contributed by atoms with Crippen LogP contribution in [0.15, 0.2) is 36.0 Å². The lowest BCUT2D eigenvalue weighted by Gasteiger charge is -2.29. The standard InChI is InChI=1S/C22H24ClN3O2.C2H6/c1-2-28-22(27)26-9-7-14(8-10-26)20-19-6-5-17(23)11-15(19)3-4-16-12-18(24)13-25-21(16)20;1-2/h5-6,11-13H,2-4,7-10,24H2,1H3;1-2H3. The Bertz CT molecular complexity index is 890. The third-order valence-corrected chi connectivity index (χ3v) is 5.71. The number of halogens is 1. The van der Waals surface area contributed by atoms with E-state index in [4.69, 9.17) is 27.1 Å². The molecule has 30 heavy (non-hydrogen) atoms. The van der Waals surface area contributed by atoms with Gasteiger partial charge in [-0.2, -0.15) is 0 Å². The summed E-state index contributed by atoms with van der Waals surface area (Å²) in [7, 11) is 0. The first-order valence-corrected chi connectivity index (χ1v) is 11.1. The normalized spacial score (nSPS) is 15.4. The maximum absolute atomic E-state index is 12.1. The average Bonchev–Trinajstić information content (AvgIpc) is 2.91. The number of nitrogen functional groups attached to an aromatic ring is 1. The van der Waals surface area contributed by atoms with Crippen molar-refractivity contribution in [3.8, 4) is 0 Å². The van der Waals surface area contributed by atoms with Gasteiger partial charge in [0, 0.05) is 23.7 Å². The molecule has 0 radical (unpaired) electrons. The van der Waals surface area contributed by atoms with E-state index < -0.39 is 0 Å². The maximum atomic E-state index is 12.1. The predicted molar refractivity (Wildman–Crippen MR) is 123 cm³/mol. The van der Waals surface area contributed by atoms with Gasteiger partial charge in [0.25, 0.3) is 0 Å². The molecule has 1 aromatic heterocycles. The molecule has 0 unspecified atom stereocenters. The minimum Gasteiger partial charge on any atom is -0.450 e. The second-order valence-electron chi connectivity index (χ2n) is 7.24. The van der Waals surface area contributed by atoms with Crippen molar-refractivity contribution in [2.24, 2.45) is 0 Å². The van der Waals surface area contributed by atoms with Crippen molar-refractivity contribution in [1.82, 2.24) is 9.88 Å². The Morgan fingerprint density at radius 3 is 2.53 bits per heavy atom.